The fraction of sp³-hybridized carbons (Fsp3) is 0.154. The van der Waals surface area contributed by atoms with Gasteiger partial charge in [0.25, 0.3) is 0 Å². The van der Waals surface area contributed by atoms with Crippen LogP contribution in [0.4, 0.5) is 0 Å². The molecule has 0 spiro atoms. The van der Waals surface area contributed by atoms with Crippen molar-refractivity contribution >= 4 is 11.6 Å². The van der Waals surface area contributed by atoms with Gasteiger partial charge < -0.3 is 0 Å². The first-order valence-electron chi connectivity index (χ1n) is 4.93. The third kappa shape index (κ3) is 2.37. The van der Waals surface area contributed by atoms with E-state index in [0.717, 1.165) is 5.02 Å². The molecule has 1 unspecified atom stereocenters. The lowest BCUT2D eigenvalue weighted by atomic mass is 9.95. The average molecular weight is 218 g/mol. The smallest absolute Gasteiger partial charge is 0.0406 e. The maximum atomic E-state index is 5.85. The molecule has 0 amide bonds. The largest absolute Gasteiger partial charge is 0.264 e. The van der Waals surface area contributed by atoms with Crippen molar-refractivity contribution in [3.05, 3.63) is 64.9 Å². The molecule has 76 valence electrons. The molecule has 0 bridgehead atoms. The number of hydrogen-bond donors (Lipinski definition) is 0. The van der Waals surface area contributed by atoms with Crippen molar-refractivity contribution in [3.8, 4) is 0 Å². The van der Waals surface area contributed by atoms with E-state index < -0.39 is 0 Å². The molecule has 0 radical (unpaired) electrons. The summed E-state index contributed by atoms with van der Waals surface area (Å²) < 4.78 is 0. The molecule has 1 atom stereocenters. The third-order valence-electron chi connectivity index (χ3n) is 2.55. The Morgan fingerprint density at radius 3 is 2.40 bits per heavy atom. The Bertz CT molecular complexity index is 422. The quantitative estimate of drug-likeness (QED) is 0.744. The van der Waals surface area contributed by atoms with E-state index in [-0.39, 0.29) is 0 Å². The highest BCUT2D eigenvalue weighted by molar-refractivity contribution is 6.30. The molecular weight excluding hydrogens is 206 g/mol. The number of benzene rings is 1. The van der Waals surface area contributed by atoms with Gasteiger partial charge in [-0.15, -0.1) is 0 Å². The first-order chi connectivity index (χ1) is 7.27. The molecule has 1 aromatic carbocycles. The van der Waals surface area contributed by atoms with Crippen LogP contribution in [0.1, 0.15) is 24.0 Å². The summed E-state index contributed by atoms with van der Waals surface area (Å²) >= 11 is 5.85. The van der Waals surface area contributed by atoms with Crippen LogP contribution >= 0.6 is 11.6 Å². The van der Waals surface area contributed by atoms with Crippen molar-refractivity contribution in [2.24, 2.45) is 0 Å². The predicted molar refractivity (Wildman–Crippen MR) is 63.2 cm³/mol. The second-order valence-corrected chi connectivity index (χ2v) is 4.00. The van der Waals surface area contributed by atoms with Gasteiger partial charge in [0, 0.05) is 23.3 Å². The van der Waals surface area contributed by atoms with Crippen molar-refractivity contribution in [1.82, 2.24) is 4.98 Å². The van der Waals surface area contributed by atoms with Crippen LogP contribution in [0.3, 0.4) is 0 Å². The van der Waals surface area contributed by atoms with Gasteiger partial charge in [-0.05, 0) is 29.3 Å². The SMILES string of the molecule is CC(c1ccc(Cl)cc1)c1cccnc1. The summed E-state index contributed by atoms with van der Waals surface area (Å²) in [5.74, 6) is 0.357. The highest BCUT2D eigenvalue weighted by atomic mass is 35.5. The van der Waals surface area contributed by atoms with Crippen LogP contribution in [0.5, 0.6) is 0 Å². The van der Waals surface area contributed by atoms with Gasteiger partial charge in [0.1, 0.15) is 0 Å². The van der Waals surface area contributed by atoms with Gasteiger partial charge in [0.2, 0.25) is 0 Å². The fourth-order valence-corrected chi connectivity index (χ4v) is 1.70. The van der Waals surface area contributed by atoms with E-state index >= 15 is 0 Å². The molecule has 0 saturated carbocycles. The van der Waals surface area contributed by atoms with E-state index in [1.807, 2.05) is 24.4 Å². The highest BCUT2D eigenvalue weighted by Crippen LogP contribution is 2.24. The zero-order valence-electron chi connectivity index (χ0n) is 8.52. The van der Waals surface area contributed by atoms with E-state index in [1.54, 1.807) is 6.20 Å². The summed E-state index contributed by atoms with van der Waals surface area (Å²) in [7, 11) is 0. The van der Waals surface area contributed by atoms with Crippen LogP contribution in [-0.2, 0) is 0 Å². The minimum Gasteiger partial charge on any atom is -0.264 e. The zero-order valence-corrected chi connectivity index (χ0v) is 9.28. The van der Waals surface area contributed by atoms with Crippen molar-refractivity contribution in [3.63, 3.8) is 0 Å². The molecule has 2 heteroatoms. The molecule has 0 aliphatic heterocycles. The Kier molecular flexibility index (Phi) is 3.02. The summed E-state index contributed by atoms with van der Waals surface area (Å²) in [6.07, 6.45) is 3.69. The Balaban J connectivity index is 2.29. The lowest BCUT2D eigenvalue weighted by Gasteiger charge is -2.11. The van der Waals surface area contributed by atoms with E-state index in [0.29, 0.717) is 5.92 Å². The maximum Gasteiger partial charge on any atom is 0.0406 e. The topological polar surface area (TPSA) is 12.9 Å². The van der Waals surface area contributed by atoms with Gasteiger partial charge in [-0.2, -0.15) is 0 Å². The number of nitrogens with zero attached hydrogens (tertiary/aromatic N) is 1. The zero-order chi connectivity index (χ0) is 10.7. The van der Waals surface area contributed by atoms with Gasteiger partial charge in [-0.3, -0.25) is 4.98 Å². The standard InChI is InChI=1S/C13H12ClN/c1-10(12-3-2-8-15-9-12)11-4-6-13(14)7-5-11/h2-10H,1H3. The number of rotatable bonds is 2. The van der Waals surface area contributed by atoms with Crippen molar-refractivity contribution in [2.75, 3.05) is 0 Å². The molecule has 0 saturated heterocycles. The molecule has 15 heavy (non-hydrogen) atoms. The molecule has 1 heterocycles. The monoisotopic (exact) mass is 217 g/mol. The summed E-state index contributed by atoms with van der Waals surface area (Å²) in [4.78, 5) is 4.12. The van der Waals surface area contributed by atoms with Gasteiger partial charge in [-0.25, -0.2) is 0 Å². The Labute approximate surface area is 94.7 Å². The molecular formula is C13H12ClN. The van der Waals surface area contributed by atoms with Crippen LogP contribution in [0, 0.1) is 0 Å². The molecule has 1 aromatic heterocycles. The van der Waals surface area contributed by atoms with Crippen LogP contribution in [0.25, 0.3) is 0 Å². The highest BCUT2D eigenvalue weighted by Gasteiger charge is 2.07. The van der Waals surface area contributed by atoms with Crippen molar-refractivity contribution in [1.29, 1.82) is 0 Å². The number of aromatic nitrogens is 1. The first-order valence-corrected chi connectivity index (χ1v) is 5.30. The molecule has 0 aliphatic rings. The molecule has 0 aliphatic carbocycles. The maximum absolute atomic E-state index is 5.85. The molecule has 0 fully saturated rings. The van der Waals surface area contributed by atoms with Crippen LogP contribution in [0.2, 0.25) is 5.02 Å². The van der Waals surface area contributed by atoms with Crippen LogP contribution in [-0.4, -0.2) is 4.98 Å². The lowest BCUT2D eigenvalue weighted by Crippen LogP contribution is -1.95. The van der Waals surface area contributed by atoms with Crippen molar-refractivity contribution < 1.29 is 0 Å². The van der Waals surface area contributed by atoms with Gasteiger partial charge in [0.15, 0.2) is 0 Å². The lowest BCUT2D eigenvalue weighted by molar-refractivity contribution is 0.911. The second-order valence-electron chi connectivity index (χ2n) is 3.56. The second kappa shape index (κ2) is 4.45. The Hall–Kier alpha value is -1.34. The molecule has 2 rings (SSSR count). The normalized spacial score (nSPS) is 12.4. The van der Waals surface area contributed by atoms with Gasteiger partial charge in [0.05, 0.1) is 0 Å². The molecule has 2 aromatic rings. The predicted octanol–water partition coefficient (Wildman–Crippen LogP) is 3.89. The average Bonchev–Trinajstić information content (AvgIpc) is 2.30. The first kappa shape index (κ1) is 10.2. The summed E-state index contributed by atoms with van der Waals surface area (Å²) in [5.41, 5.74) is 2.48. The van der Waals surface area contributed by atoms with Gasteiger partial charge in [-0.1, -0.05) is 36.7 Å². The number of hydrogen-bond acceptors (Lipinski definition) is 1. The van der Waals surface area contributed by atoms with E-state index in [2.05, 4.69) is 30.1 Å². The summed E-state index contributed by atoms with van der Waals surface area (Å²) in [6.45, 7) is 2.17. The van der Waals surface area contributed by atoms with Gasteiger partial charge >= 0.3 is 0 Å². The Morgan fingerprint density at radius 1 is 1.07 bits per heavy atom. The Morgan fingerprint density at radius 2 is 1.80 bits per heavy atom. The molecule has 1 nitrogen and oxygen atoms in total. The fourth-order valence-electron chi connectivity index (χ4n) is 1.58. The van der Waals surface area contributed by atoms with E-state index in [4.69, 9.17) is 11.6 Å². The molecule has 0 N–H and O–H groups in total. The number of halogens is 1. The van der Waals surface area contributed by atoms with E-state index in [9.17, 15) is 0 Å². The van der Waals surface area contributed by atoms with E-state index in [1.165, 1.54) is 11.1 Å². The van der Waals surface area contributed by atoms with Crippen LogP contribution in [0.15, 0.2) is 48.8 Å². The summed E-state index contributed by atoms with van der Waals surface area (Å²) in [5, 5.41) is 0.775. The minimum absolute atomic E-state index is 0.357. The van der Waals surface area contributed by atoms with Crippen molar-refractivity contribution in [2.45, 2.75) is 12.8 Å². The number of pyridine rings is 1. The summed E-state index contributed by atoms with van der Waals surface area (Å²) in [6, 6.07) is 12.0. The van der Waals surface area contributed by atoms with Crippen LogP contribution < -0.4 is 0 Å². The minimum atomic E-state index is 0.357. The third-order valence-corrected chi connectivity index (χ3v) is 2.81.